The van der Waals surface area contributed by atoms with Gasteiger partial charge in [-0.05, 0) is 44.2 Å². The summed E-state index contributed by atoms with van der Waals surface area (Å²) in [6.45, 7) is 3.55. The van der Waals surface area contributed by atoms with Crippen molar-refractivity contribution in [3.63, 3.8) is 0 Å². The van der Waals surface area contributed by atoms with Gasteiger partial charge < -0.3 is 10.4 Å². The molecular weight excluding hydrogens is 194 g/mol. The van der Waals surface area contributed by atoms with Crippen molar-refractivity contribution in [1.29, 1.82) is 0 Å². The highest BCUT2D eigenvalue weighted by atomic mass is 32.1. The number of hydrogen-bond acceptors (Lipinski definition) is 3. The molecule has 0 aliphatic rings. The number of rotatable bonds is 7. The van der Waals surface area contributed by atoms with Crippen LogP contribution in [0.4, 0.5) is 0 Å². The summed E-state index contributed by atoms with van der Waals surface area (Å²) in [5.74, 6) is 0. The van der Waals surface area contributed by atoms with Crippen molar-refractivity contribution in [3.05, 3.63) is 22.4 Å². The molecule has 0 radical (unpaired) electrons. The van der Waals surface area contributed by atoms with Gasteiger partial charge in [0.2, 0.25) is 0 Å². The van der Waals surface area contributed by atoms with E-state index >= 15 is 0 Å². The summed E-state index contributed by atoms with van der Waals surface area (Å²) in [7, 11) is 0. The molecule has 1 atom stereocenters. The van der Waals surface area contributed by atoms with Crippen molar-refractivity contribution >= 4 is 11.3 Å². The van der Waals surface area contributed by atoms with Crippen LogP contribution < -0.4 is 5.32 Å². The predicted molar refractivity (Wildman–Crippen MR) is 61.7 cm³/mol. The Morgan fingerprint density at radius 1 is 1.43 bits per heavy atom. The quantitative estimate of drug-likeness (QED) is 0.682. The van der Waals surface area contributed by atoms with Crippen LogP contribution in [0.15, 0.2) is 17.5 Å². The first-order chi connectivity index (χ1) is 6.84. The van der Waals surface area contributed by atoms with Gasteiger partial charge in [-0.15, -0.1) is 11.3 Å². The molecule has 0 aliphatic heterocycles. The minimum Gasteiger partial charge on any atom is -0.396 e. The topological polar surface area (TPSA) is 32.3 Å². The molecule has 0 saturated carbocycles. The van der Waals surface area contributed by atoms with Crippen LogP contribution in [0.1, 0.15) is 37.1 Å². The van der Waals surface area contributed by atoms with E-state index < -0.39 is 0 Å². The van der Waals surface area contributed by atoms with Crippen LogP contribution in [0.5, 0.6) is 0 Å². The minimum absolute atomic E-state index is 0.320. The van der Waals surface area contributed by atoms with Gasteiger partial charge in [-0.1, -0.05) is 6.07 Å². The number of hydrogen-bond donors (Lipinski definition) is 2. The summed E-state index contributed by atoms with van der Waals surface area (Å²) in [5, 5.41) is 14.2. The van der Waals surface area contributed by atoms with E-state index in [1.54, 1.807) is 11.3 Å². The third-order valence-electron chi connectivity index (χ3n) is 2.26. The van der Waals surface area contributed by atoms with Gasteiger partial charge in [-0.3, -0.25) is 0 Å². The first-order valence-electron chi connectivity index (χ1n) is 5.22. The normalized spacial score (nSPS) is 13.0. The van der Waals surface area contributed by atoms with Crippen LogP contribution in [0, 0.1) is 0 Å². The zero-order valence-electron chi connectivity index (χ0n) is 8.70. The van der Waals surface area contributed by atoms with Crippen LogP contribution in [-0.2, 0) is 0 Å². The lowest BCUT2D eigenvalue weighted by Gasteiger charge is -2.11. The highest BCUT2D eigenvalue weighted by Gasteiger charge is 2.03. The fourth-order valence-corrected chi connectivity index (χ4v) is 2.13. The van der Waals surface area contributed by atoms with E-state index in [0.717, 1.165) is 25.8 Å². The fourth-order valence-electron chi connectivity index (χ4n) is 1.37. The molecule has 0 unspecified atom stereocenters. The molecule has 2 nitrogen and oxygen atoms in total. The monoisotopic (exact) mass is 213 g/mol. The molecule has 1 aromatic heterocycles. The second-order valence-corrected chi connectivity index (χ2v) is 4.45. The van der Waals surface area contributed by atoms with Gasteiger partial charge >= 0.3 is 0 Å². The van der Waals surface area contributed by atoms with E-state index in [1.807, 2.05) is 0 Å². The third-order valence-corrected chi connectivity index (χ3v) is 3.31. The summed E-state index contributed by atoms with van der Waals surface area (Å²) >= 11 is 1.80. The molecule has 2 N–H and O–H groups in total. The summed E-state index contributed by atoms with van der Waals surface area (Å²) < 4.78 is 0. The molecule has 1 heterocycles. The van der Waals surface area contributed by atoms with E-state index in [2.05, 4.69) is 29.8 Å². The maximum atomic E-state index is 8.61. The Morgan fingerprint density at radius 2 is 2.29 bits per heavy atom. The van der Waals surface area contributed by atoms with E-state index in [4.69, 9.17) is 5.11 Å². The molecule has 0 bridgehead atoms. The summed E-state index contributed by atoms with van der Waals surface area (Å²) in [5.41, 5.74) is 0. The number of nitrogens with one attached hydrogen (secondary N) is 1. The molecular formula is C11H19NOS. The zero-order valence-corrected chi connectivity index (χ0v) is 9.52. The van der Waals surface area contributed by atoms with Gasteiger partial charge in [0.1, 0.15) is 0 Å². The van der Waals surface area contributed by atoms with Gasteiger partial charge in [-0.2, -0.15) is 0 Å². The maximum Gasteiger partial charge on any atom is 0.0431 e. The van der Waals surface area contributed by atoms with Gasteiger partial charge in [0, 0.05) is 17.5 Å². The maximum absolute atomic E-state index is 8.61. The van der Waals surface area contributed by atoms with Gasteiger partial charge in [-0.25, -0.2) is 0 Å². The molecule has 0 fully saturated rings. The van der Waals surface area contributed by atoms with E-state index in [0.29, 0.717) is 12.6 Å². The first-order valence-corrected chi connectivity index (χ1v) is 6.10. The second kappa shape index (κ2) is 6.98. The highest BCUT2D eigenvalue weighted by Crippen LogP contribution is 2.17. The average molecular weight is 213 g/mol. The van der Waals surface area contributed by atoms with Crippen molar-refractivity contribution < 1.29 is 5.11 Å². The molecule has 1 aromatic rings. The molecule has 14 heavy (non-hydrogen) atoms. The van der Waals surface area contributed by atoms with E-state index in [9.17, 15) is 0 Å². The minimum atomic E-state index is 0.320. The molecule has 0 aromatic carbocycles. The van der Waals surface area contributed by atoms with Crippen molar-refractivity contribution in [1.82, 2.24) is 5.32 Å². The van der Waals surface area contributed by atoms with Crippen LogP contribution in [0.2, 0.25) is 0 Å². The molecule has 0 spiro atoms. The van der Waals surface area contributed by atoms with Crippen LogP contribution in [0.25, 0.3) is 0 Å². The van der Waals surface area contributed by atoms with Gasteiger partial charge in [0.15, 0.2) is 0 Å². The Bertz CT molecular complexity index is 223. The summed E-state index contributed by atoms with van der Waals surface area (Å²) in [6, 6.07) is 4.71. The number of unbranched alkanes of at least 4 members (excludes halogenated alkanes) is 2. The molecule has 1 rings (SSSR count). The Balaban J connectivity index is 2.07. The lowest BCUT2D eigenvalue weighted by Crippen LogP contribution is -2.18. The molecule has 3 heteroatoms. The lowest BCUT2D eigenvalue weighted by atomic mass is 10.2. The van der Waals surface area contributed by atoms with Crippen LogP contribution in [0.3, 0.4) is 0 Å². The summed E-state index contributed by atoms with van der Waals surface area (Å²) in [6.07, 6.45) is 3.19. The Labute approximate surface area is 90.0 Å². The van der Waals surface area contributed by atoms with Crippen molar-refractivity contribution in [3.8, 4) is 0 Å². The Hall–Kier alpha value is -0.380. The van der Waals surface area contributed by atoms with Crippen LogP contribution >= 0.6 is 11.3 Å². The highest BCUT2D eigenvalue weighted by molar-refractivity contribution is 7.10. The van der Waals surface area contributed by atoms with Crippen molar-refractivity contribution in [2.75, 3.05) is 13.2 Å². The predicted octanol–water partition coefficient (Wildman–Crippen LogP) is 2.56. The Morgan fingerprint density at radius 3 is 2.93 bits per heavy atom. The van der Waals surface area contributed by atoms with Gasteiger partial charge in [0.05, 0.1) is 0 Å². The first kappa shape index (κ1) is 11.7. The standard InChI is InChI=1S/C11H19NOS/c1-10(11-6-5-9-14-11)12-7-3-2-4-8-13/h5-6,9-10,12-13H,2-4,7-8H2,1H3/t10-/m0/s1. The van der Waals surface area contributed by atoms with Crippen molar-refractivity contribution in [2.24, 2.45) is 0 Å². The van der Waals surface area contributed by atoms with E-state index in [-0.39, 0.29) is 0 Å². The van der Waals surface area contributed by atoms with Crippen LogP contribution in [-0.4, -0.2) is 18.3 Å². The smallest absolute Gasteiger partial charge is 0.0431 e. The lowest BCUT2D eigenvalue weighted by molar-refractivity contribution is 0.282. The SMILES string of the molecule is C[C@H](NCCCCCO)c1cccs1. The zero-order chi connectivity index (χ0) is 10.2. The second-order valence-electron chi connectivity index (χ2n) is 3.48. The molecule has 0 saturated heterocycles. The summed E-state index contributed by atoms with van der Waals surface area (Å²) in [4.78, 5) is 1.40. The third kappa shape index (κ3) is 4.22. The molecule has 0 aliphatic carbocycles. The largest absolute Gasteiger partial charge is 0.396 e. The fraction of sp³-hybridized carbons (Fsp3) is 0.636. The average Bonchev–Trinajstić information content (AvgIpc) is 2.70. The number of thiophene rings is 1. The molecule has 0 amide bonds. The number of aliphatic hydroxyl groups excluding tert-OH is 1. The van der Waals surface area contributed by atoms with Crippen molar-refractivity contribution in [2.45, 2.75) is 32.2 Å². The van der Waals surface area contributed by atoms with E-state index in [1.165, 1.54) is 4.88 Å². The van der Waals surface area contributed by atoms with Gasteiger partial charge in [0.25, 0.3) is 0 Å². The number of aliphatic hydroxyl groups is 1. The Kier molecular flexibility index (Phi) is 5.83. The molecule has 80 valence electrons.